The molecule has 92 valence electrons. The van der Waals surface area contributed by atoms with Gasteiger partial charge in [-0.3, -0.25) is 4.79 Å². The van der Waals surface area contributed by atoms with Crippen molar-refractivity contribution in [3.8, 4) is 0 Å². The number of thioether (sulfide) groups is 1. The number of carbonyl (C=O) groups excluding carboxylic acids is 1. The second kappa shape index (κ2) is 4.57. The number of hydrogen-bond donors (Lipinski definition) is 1. The molecule has 0 aromatic carbocycles. The van der Waals surface area contributed by atoms with Crippen LogP contribution in [0.2, 0.25) is 0 Å². The number of rotatable bonds is 1. The molecule has 2 rings (SSSR count). The van der Waals surface area contributed by atoms with E-state index in [4.69, 9.17) is 0 Å². The largest absolute Gasteiger partial charge is 0.393 e. The second-order valence-electron chi connectivity index (χ2n) is 5.57. The standard InChI is InChI=1S/C12H21NO2S/c1-12(2)4-3-9(14)7-10(12)13-5-6-16-8-11(13)15/h9-10,14H,3-8H2,1-2H3. The van der Waals surface area contributed by atoms with Crippen LogP contribution < -0.4 is 0 Å². The summed E-state index contributed by atoms with van der Waals surface area (Å²) in [4.78, 5) is 13.9. The summed E-state index contributed by atoms with van der Waals surface area (Å²) in [5.41, 5.74) is 0.150. The molecule has 4 heteroatoms. The molecule has 1 aliphatic heterocycles. The Balaban J connectivity index is 2.12. The van der Waals surface area contributed by atoms with Crippen molar-refractivity contribution in [2.45, 2.75) is 45.3 Å². The summed E-state index contributed by atoms with van der Waals surface area (Å²) >= 11 is 1.72. The van der Waals surface area contributed by atoms with E-state index in [0.717, 1.165) is 31.6 Å². The zero-order valence-electron chi connectivity index (χ0n) is 10.1. The third kappa shape index (κ3) is 2.38. The highest BCUT2D eigenvalue weighted by molar-refractivity contribution is 8.00. The van der Waals surface area contributed by atoms with Gasteiger partial charge in [-0.2, -0.15) is 11.8 Å². The first-order chi connectivity index (χ1) is 7.50. The molecule has 3 nitrogen and oxygen atoms in total. The maximum atomic E-state index is 11.9. The summed E-state index contributed by atoms with van der Waals surface area (Å²) in [5, 5.41) is 9.79. The fraction of sp³-hybridized carbons (Fsp3) is 0.917. The summed E-state index contributed by atoms with van der Waals surface area (Å²) in [7, 11) is 0. The minimum Gasteiger partial charge on any atom is -0.393 e. The van der Waals surface area contributed by atoms with Crippen molar-refractivity contribution < 1.29 is 9.90 Å². The topological polar surface area (TPSA) is 40.5 Å². The average molecular weight is 243 g/mol. The number of aliphatic hydroxyl groups is 1. The molecular weight excluding hydrogens is 222 g/mol. The third-order valence-corrected chi connectivity index (χ3v) is 4.84. The Morgan fingerprint density at radius 1 is 1.50 bits per heavy atom. The van der Waals surface area contributed by atoms with Gasteiger partial charge in [0.2, 0.25) is 5.91 Å². The van der Waals surface area contributed by atoms with Crippen LogP contribution >= 0.6 is 11.8 Å². The number of carbonyl (C=O) groups is 1. The SMILES string of the molecule is CC1(C)CCC(O)CC1N1CCSCC1=O. The van der Waals surface area contributed by atoms with Gasteiger partial charge in [0, 0.05) is 18.3 Å². The van der Waals surface area contributed by atoms with Crippen LogP contribution in [0.4, 0.5) is 0 Å². The molecule has 1 heterocycles. The number of nitrogens with zero attached hydrogens (tertiary/aromatic N) is 1. The highest BCUT2D eigenvalue weighted by Crippen LogP contribution is 2.39. The smallest absolute Gasteiger partial charge is 0.232 e. The predicted octanol–water partition coefficient (Wildman–Crippen LogP) is 1.50. The Bertz CT molecular complexity index is 280. The summed E-state index contributed by atoms with van der Waals surface area (Å²) in [6.07, 6.45) is 2.42. The number of aliphatic hydroxyl groups excluding tert-OH is 1. The van der Waals surface area contributed by atoms with E-state index in [-0.39, 0.29) is 23.5 Å². The molecule has 1 saturated carbocycles. The Labute approximate surface area is 102 Å². The molecule has 2 unspecified atom stereocenters. The molecular formula is C12H21NO2S. The Morgan fingerprint density at radius 2 is 2.25 bits per heavy atom. The minimum absolute atomic E-state index is 0.150. The van der Waals surface area contributed by atoms with E-state index < -0.39 is 0 Å². The van der Waals surface area contributed by atoms with E-state index in [1.807, 2.05) is 4.90 Å². The van der Waals surface area contributed by atoms with Crippen molar-refractivity contribution >= 4 is 17.7 Å². The maximum absolute atomic E-state index is 11.9. The van der Waals surface area contributed by atoms with Gasteiger partial charge in [0.25, 0.3) is 0 Å². The van der Waals surface area contributed by atoms with Crippen molar-refractivity contribution in [1.29, 1.82) is 0 Å². The van der Waals surface area contributed by atoms with Gasteiger partial charge in [0.05, 0.1) is 11.9 Å². The molecule has 0 bridgehead atoms. The van der Waals surface area contributed by atoms with Crippen molar-refractivity contribution in [2.75, 3.05) is 18.1 Å². The van der Waals surface area contributed by atoms with E-state index in [9.17, 15) is 9.90 Å². The van der Waals surface area contributed by atoms with Gasteiger partial charge in [0.1, 0.15) is 0 Å². The van der Waals surface area contributed by atoms with Crippen molar-refractivity contribution in [1.82, 2.24) is 4.90 Å². The molecule has 1 N–H and O–H groups in total. The summed E-state index contributed by atoms with van der Waals surface area (Å²) < 4.78 is 0. The van der Waals surface area contributed by atoms with Gasteiger partial charge >= 0.3 is 0 Å². The Kier molecular flexibility index (Phi) is 3.50. The molecule has 0 spiro atoms. The van der Waals surface area contributed by atoms with Gasteiger partial charge in [-0.05, 0) is 24.7 Å². The van der Waals surface area contributed by atoms with Gasteiger partial charge in [-0.1, -0.05) is 13.8 Å². The highest BCUT2D eigenvalue weighted by atomic mass is 32.2. The first-order valence-electron chi connectivity index (χ1n) is 6.06. The maximum Gasteiger partial charge on any atom is 0.232 e. The van der Waals surface area contributed by atoms with Crippen molar-refractivity contribution in [2.24, 2.45) is 5.41 Å². The van der Waals surface area contributed by atoms with Crippen LogP contribution in [-0.4, -0.2) is 46.1 Å². The van der Waals surface area contributed by atoms with Crippen LogP contribution in [0.5, 0.6) is 0 Å². The predicted molar refractivity (Wildman–Crippen MR) is 66.5 cm³/mol. The van der Waals surface area contributed by atoms with Gasteiger partial charge < -0.3 is 10.0 Å². The van der Waals surface area contributed by atoms with E-state index in [1.54, 1.807) is 11.8 Å². The summed E-state index contributed by atoms with van der Waals surface area (Å²) in [6.45, 7) is 5.29. The summed E-state index contributed by atoms with van der Waals surface area (Å²) in [6, 6.07) is 0.227. The van der Waals surface area contributed by atoms with E-state index in [0.29, 0.717) is 5.75 Å². The highest BCUT2D eigenvalue weighted by Gasteiger charge is 2.41. The molecule has 0 aromatic rings. The first-order valence-corrected chi connectivity index (χ1v) is 7.21. The lowest BCUT2D eigenvalue weighted by Gasteiger charge is -2.47. The second-order valence-corrected chi connectivity index (χ2v) is 6.68. The molecule has 0 aromatic heterocycles. The lowest BCUT2D eigenvalue weighted by Crippen LogP contribution is -2.54. The minimum atomic E-state index is -0.222. The van der Waals surface area contributed by atoms with Crippen LogP contribution in [-0.2, 0) is 4.79 Å². The quantitative estimate of drug-likeness (QED) is 0.759. The Hall–Kier alpha value is -0.220. The number of amides is 1. The third-order valence-electron chi connectivity index (χ3n) is 3.92. The summed E-state index contributed by atoms with van der Waals surface area (Å²) in [5.74, 6) is 1.90. The zero-order valence-corrected chi connectivity index (χ0v) is 10.9. The van der Waals surface area contributed by atoms with Crippen LogP contribution in [0, 0.1) is 5.41 Å². The lowest BCUT2D eigenvalue weighted by molar-refractivity contribution is -0.136. The van der Waals surface area contributed by atoms with Crippen LogP contribution in [0.25, 0.3) is 0 Å². The van der Waals surface area contributed by atoms with E-state index in [1.165, 1.54) is 0 Å². The molecule has 1 amide bonds. The molecule has 1 aliphatic carbocycles. The monoisotopic (exact) mass is 243 g/mol. The van der Waals surface area contributed by atoms with Gasteiger partial charge in [-0.15, -0.1) is 0 Å². The normalized spacial score (nSPS) is 35.2. The van der Waals surface area contributed by atoms with Gasteiger partial charge in [0.15, 0.2) is 0 Å². The van der Waals surface area contributed by atoms with Crippen molar-refractivity contribution in [3.63, 3.8) is 0 Å². The first kappa shape index (κ1) is 12.2. The zero-order chi connectivity index (χ0) is 11.8. The molecule has 1 saturated heterocycles. The Morgan fingerprint density at radius 3 is 2.94 bits per heavy atom. The molecule has 16 heavy (non-hydrogen) atoms. The lowest BCUT2D eigenvalue weighted by atomic mass is 9.71. The van der Waals surface area contributed by atoms with Crippen molar-refractivity contribution in [3.05, 3.63) is 0 Å². The van der Waals surface area contributed by atoms with E-state index >= 15 is 0 Å². The fourth-order valence-corrected chi connectivity index (χ4v) is 3.62. The molecule has 2 aliphatic rings. The average Bonchev–Trinajstić information content (AvgIpc) is 2.23. The molecule has 2 fully saturated rings. The molecule has 0 radical (unpaired) electrons. The van der Waals surface area contributed by atoms with E-state index in [2.05, 4.69) is 13.8 Å². The van der Waals surface area contributed by atoms with Gasteiger partial charge in [-0.25, -0.2) is 0 Å². The van der Waals surface area contributed by atoms with Crippen LogP contribution in [0.3, 0.4) is 0 Å². The fourth-order valence-electron chi connectivity index (χ4n) is 2.81. The number of hydrogen-bond acceptors (Lipinski definition) is 3. The van der Waals surface area contributed by atoms with Crippen LogP contribution in [0.15, 0.2) is 0 Å². The van der Waals surface area contributed by atoms with Crippen LogP contribution in [0.1, 0.15) is 33.1 Å². The molecule has 2 atom stereocenters.